The molecule has 1 spiro atoms. The van der Waals surface area contributed by atoms with Gasteiger partial charge in [0.25, 0.3) is 5.91 Å². The van der Waals surface area contributed by atoms with Gasteiger partial charge in [-0.1, -0.05) is 19.3 Å². The van der Waals surface area contributed by atoms with Gasteiger partial charge in [0.2, 0.25) is 0 Å². The van der Waals surface area contributed by atoms with Crippen LogP contribution in [0.4, 0.5) is 4.79 Å². The van der Waals surface area contributed by atoms with E-state index in [0.29, 0.717) is 24.5 Å². The molecule has 4 N–H and O–H groups in total. The normalized spacial score (nSPS) is 20.8. The summed E-state index contributed by atoms with van der Waals surface area (Å²) < 4.78 is 0. The molecule has 1 heterocycles. The molecule has 3 amide bonds. The third-order valence-electron chi connectivity index (χ3n) is 3.99. The first-order chi connectivity index (χ1) is 9.94. The standard InChI is InChI=1S/C13H23N5O2S/c1-17(2)9-8-14-11(21)16-18-10(19)13(15-12(18)20)6-4-3-5-7-13/h3-9H2,1-2H3,(H,15,20)(H2,14,16,21)/p+1. The van der Waals surface area contributed by atoms with Gasteiger partial charge in [-0.3, -0.25) is 10.2 Å². The van der Waals surface area contributed by atoms with E-state index in [9.17, 15) is 9.59 Å². The largest absolute Gasteiger partial charge is 0.356 e. The van der Waals surface area contributed by atoms with Crippen molar-refractivity contribution in [2.24, 2.45) is 0 Å². The van der Waals surface area contributed by atoms with Gasteiger partial charge in [0.05, 0.1) is 27.2 Å². The number of quaternary nitrogens is 1. The van der Waals surface area contributed by atoms with Gasteiger partial charge in [-0.05, 0) is 25.1 Å². The first-order valence-corrected chi connectivity index (χ1v) is 7.86. The van der Waals surface area contributed by atoms with Crippen LogP contribution in [0.2, 0.25) is 0 Å². The van der Waals surface area contributed by atoms with E-state index in [2.05, 4.69) is 16.1 Å². The molecule has 0 bridgehead atoms. The number of nitrogens with one attached hydrogen (secondary N) is 4. The molecule has 0 aromatic carbocycles. The highest BCUT2D eigenvalue weighted by Gasteiger charge is 2.51. The molecule has 1 saturated carbocycles. The van der Waals surface area contributed by atoms with E-state index < -0.39 is 11.6 Å². The van der Waals surface area contributed by atoms with E-state index in [1.807, 2.05) is 14.1 Å². The monoisotopic (exact) mass is 314 g/mol. The lowest BCUT2D eigenvalue weighted by molar-refractivity contribution is -0.856. The molecule has 1 aliphatic carbocycles. The average molecular weight is 314 g/mol. The lowest BCUT2D eigenvalue weighted by atomic mass is 9.82. The summed E-state index contributed by atoms with van der Waals surface area (Å²) in [4.78, 5) is 25.8. The fraction of sp³-hybridized carbons (Fsp3) is 0.769. The van der Waals surface area contributed by atoms with Crippen molar-refractivity contribution in [1.29, 1.82) is 0 Å². The van der Waals surface area contributed by atoms with Gasteiger partial charge in [0, 0.05) is 0 Å². The summed E-state index contributed by atoms with van der Waals surface area (Å²) in [6, 6.07) is -0.413. The molecule has 1 saturated heterocycles. The lowest BCUT2D eigenvalue weighted by Crippen LogP contribution is -3.06. The second-order valence-corrected chi connectivity index (χ2v) is 6.45. The highest BCUT2D eigenvalue weighted by Crippen LogP contribution is 2.32. The van der Waals surface area contributed by atoms with Crippen molar-refractivity contribution in [3.05, 3.63) is 0 Å². The zero-order chi connectivity index (χ0) is 15.5. The van der Waals surface area contributed by atoms with Crippen molar-refractivity contribution in [2.75, 3.05) is 27.2 Å². The number of hydrazine groups is 1. The Balaban J connectivity index is 1.89. The maximum Gasteiger partial charge on any atom is 0.344 e. The molecule has 0 radical (unpaired) electrons. The number of nitrogens with zero attached hydrogens (tertiary/aromatic N) is 1. The van der Waals surface area contributed by atoms with Crippen molar-refractivity contribution in [3.8, 4) is 0 Å². The molecule has 0 aromatic heterocycles. The Labute approximate surface area is 130 Å². The van der Waals surface area contributed by atoms with E-state index in [0.717, 1.165) is 30.8 Å². The van der Waals surface area contributed by atoms with Crippen LogP contribution in [0.25, 0.3) is 0 Å². The molecule has 0 aromatic rings. The number of imide groups is 1. The average Bonchev–Trinajstić information content (AvgIpc) is 2.64. The lowest BCUT2D eigenvalue weighted by Gasteiger charge is -2.30. The second kappa shape index (κ2) is 6.57. The smallest absolute Gasteiger partial charge is 0.344 e. The maximum absolute atomic E-state index is 12.5. The molecule has 0 atom stereocenters. The predicted molar refractivity (Wildman–Crippen MR) is 82.6 cm³/mol. The number of carbonyl (C=O) groups is 2. The Bertz CT molecular complexity index is 434. The highest BCUT2D eigenvalue weighted by molar-refractivity contribution is 7.80. The van der Waals surface area contributed by atoms with E-state index in [-0.39, 0.29) is 5.91 Å². The van der Waals surface area contributed by atoms with E-state index in [1.165, 1.54) is 4.90 Å². The van der Waals surface area contributed by atoms with Crippen LogP contribution in [0.1, 0.15) is 32.1 Å². The van der Waals surface area contributed by atoms with Crippen molar-refractivity contribution < 1.29 is 14.5 Å². The van der Waals surface area contributed by atoms with Gasteiger partial charge in [-0.2, -0.15) is 5.01 Å². The first-order valence-electron chi connectivity index (χ1n) is 7.45. The Morgan fingerprint density at radius 2 is 2.00 bits per heavy atom. The molecule has 118 valence electrons. The minimum Gasteiger partial charge on any atom is -0.356 e. The Kier molecular flexibility index (Phi) is 5.00. The molecule has 0 unspecified atom stereocenters. The Morgan fingerprint density at radius 3 is 2.62 bits per heavy atom. The van der Waals surface area contributed by atoms with Gasteiger partial charge in [-0.15, -0.1) is 0 Å². The Hall–Kier alpha value is -1.41. The number of carbonyl (C=O) groups excluding carboxylic acids is 2. The fourth-order valence-electron chi connectivity index (χ4n) is 2.78. The molecule has 8 heteroatoms. The number of amides is 3. The summed E-state index contributed by atoms with van der Waals surface area (Å²) in [5.74, 6) is -0.213. The number of thiocarbonyl (C=S) groups is 1. The summed E-state index contributed by atoms with van der Waals surface area (Å²) in [6.07, 6.45) is 4.47. The van der Waals surface area contributed by atoms with Gasteiger partial charge < -0.3 is 15.5 Å². The summed E-state index contributed by atoms with van der Waals surface area (Å²) in [5, 5.41) is 7.15. The summed E-state index contributed by atoms with van der Waals surface area (Å²) in [6.45, 7) is 1.58. The van der Waals surface area contributed by atoms with Crippen molar-refractivity contribution in [2.45, 2.75) is 37.6 Å². The molecule has 7 nitrogen and oxygen atoms in total. The summed E-state index contributed by atoms with van der Waals surface area (Å²) in [5.41, 5.74) is 1.99. The molecule has 1 aliphatic heterocycles. The minimum absolute atomic E-state index is 0.213. The van der Waals surface area contributed by atoms with Crippen LogP contribution in [-0.4, -0.2) is 54.8 Å². The van der Waals surface area contributed by atoms with Gasteiger partial charge in [0.1, 0.15) is 5.54 Å². The van der Waals surface area contributed by atoms with Crippen LogP contribution in [0.3, 0.4) is 0 Å². The number of urea groups is 1. The SMILES string of the molecule is C[NH+](C)CCNC(=S)NN1C(=O)NC2(CCCCC2)C1=O. The minimum atomic E-state index is -0.717. The zero-order valence-corrected chi connectivity index (χ0v) is 13.4. The van der Waals surface area contributed by atoms with Crippen LogP contribution in [-0.2, 0) is 4.79 Å². The van der Waals surface area contributed by atoms with Crippen LogP contribution in [0.15, 0.2) is 0 Å². The molecule has 21 heavy (non-hydrogen) atoms. The maximum atomic E-state index is 12.5. The van der Waals surface area contributed by atoms with E-state index in [4.69, 9.17) is 12.2 Å². The molecular formula is C13H24N5O2S+. The molecular weight excluding hydrogens is 290 g/mol. The zero-order valence-electron chi connectivity index (χ0n) is 12.6. The highest BCUT2D eigenvalue weighted by atomic mass is 32.1. The second-order valence-electron chi connectivity index (χ2n) is 6.04. The van der Waals surface area contributed by atoms with Gasteiger partial charge in [0.15, 0.2) is 5.11 Å². The quantitative estimate of drug-likeness (QED) is 0.386. The van der Waals surface area contributed by atoms with Crippen LogP contribution in [0, 0.1) is 0 Å². The van der Waals surface area contributed by atoms with Gasteiger partial charge >= 0.3 is 6.03 Å². The van der Waals surface area contributed by atoms with E-state index >= 15 is 0 Å². The predicted octanol–water partition coefficient (Wildman–Crippen LogP) is -1.24. The topological polar surface area (TPSA) is 77.9 Å². The molecule has 2 aliphatic rings. The Morgan fingerprint density at radius 1 is 1.33 bits per heavy atom. The fourth-order valence-corrected chi connectivity index (χ4v) is 2.98. The first kappa shape index (κ1) is 16.0. The number of likely N-dealkylation sites (N-methyl/N-ethyl adjacent to an activating group) is 1. The molecule has 2 rings (SSSR count). The third-order valence-corrected chi connectivity index (χ3v) is 4.23. The number of hydrogen-bond acceptors (Lipinski definition) is 3. The number of hydrogen-bond donors (Lipinski definition) is 4. The van der Waals surface area contributed by atoms with Crippen LogP contribution >= 0.6 is 12.2 Å². The summed E-state index contributed by atoms with van der Waals surface area (Å²) in [7, 11) is 4.09. The number of rotatable bonds is 4. The third kappa shape index (κ3) is 3.62. The van der Waals surface area contributed by atoms with Crippen molar-refractivity contribution in [3.63, 3.8) is 0 Å². The van der Waals surface area contributed by atoms with Crippen molar-refractivity contribution in [1.82, 2.24) is 21.1 Å². The summed E-state index contributed by atoms with van der Waals surface area (Å²) >= 11 is 5.13. The van der Waals surface area contributed by atoms with Gasteiger partial charge in [-0.25, -0.2) is 4.79 Å². The van der Waals surface area contributed by atoms with Crippen LogP contribution in [0.5, 0.6) is 0 Å². The van der Waals surface area contributed by atoms with E-state index in [1.54, 1.807) is 0 Å². The van der Waals surface area contributed by atoms with Crippen LogP contribution < -0.4 is 21.0 Å². The molecule has 2 fully saturated rings. The van der Waals surface area contributed by atoms with Crippen molar-refractivity contribution >= 4 is 29.3 Å².